The van der Waals surface area contributed by atoms with Crippen LogP contribution >= 0.6 is 0 Å². The van der Waals surface area contributed by atoms with Crippen LogP contribution in [0.25, 0.3) is 0 Å². The summed E-state index contributed by atoms with van der Waals surface area (Å²) < 4.78 is 36.3. The van der Waals surface area contributed by atoms with E-state index < -0.39 is 29.5 Å². The van der Waals surface area contributed by atoms with Gasteiger partial charge in [0.1, 0.15) is 22.9 Å². The fourth-order valence-electron chi connectivity index (χ4n) is 2.10. The van der Waals surface area contributed by atoms with E-state index in [-0.39, 0.29) is 5.56 Å². The Bertz CT molecular complexity index is 504. The molecule has 0 aromatic heterocycles. The van der Waals surface area contributed by atoms with E-state index in [4.69, 9.17) is 4.74 Å². The third-order valence-corrected chi connectivity index (χ3v) is 3.18. The van der Waals surface area contributed by atoms with Gasteiger partial charge in [0.25, 0.3) is 6.43 Å². The fraction of sp³-hybridized carbons (Fsp3) is 0.562. The minimum Gasteiger partial charge on any atom is -0.488 e. The molecular weight excluding hydrogens is 294 g/mol. The number of alkyl halides is 2. The van der Waals surface area contributed by atoms with Crippen LogP contribution in [0.1, 0.15) is 33.3 Å². The van der Waals surface area contributed by atoms with Crippen LogP contribution < -0.4 is 4.74 Å². The first kappa shape index (κ1) is 18.4. The molecule has 0 bridgehead atoms. The summed E-state index contributed by atoms with van der Waals surface area (Å²) in [5, 5.41) is 10.4. The van der Waals surface area contributed by atoms with Crippen molar-refractivity contribution in [2.45, 2.75) is 45.3 Å². The summed E-state index contributed by atoms with van der Waals surface area (Å²) >= 11 is 0. The predicted octanol–water partition coefficient (Wildman–Crippen LogP) is 3.13. The molecule has 0 aliphatic carbocycles. The zero-order valence-corrected chi connectivity index (χ0v) is 13.4. The summed E-state index contributed by atoms with van der Waals surface area (Å²) in [5.74, 6) is -2.58. The van der Waals surface area contributed by atoms with Gasteiger partial charge in [0.05, 0.1) is 7.11 Å². The molecule has 124 valence electrons. The molecule has 0 radical (unpaired) electrons. The van der Waals surface area contributed by atoms with Crippen molar-refractivity contribution in [3.63, 3.8) is 0 Å². The molecule has 1 rings (SSSR count). The number of halogens is 2. The second-order valence-corrected chi connectivity index (χ2v) is 6.22. The van der Waals surface area contributed by atoms with Gasteiger partial charge in [0, 0.05) is 0 Å². The van der Waals surface area contributed by atoms with E-state index in [1.54, 1.807) is 12.1 Å². The highest BCUT2D eigenvalue weighted by molar-refractivity contribution is 5.74. The van der Waals surface area contributed by atoms with Gasteiger partial charge in [-0.25, -0.2) is 8.78 Å². The van der Waals surface area contributed by atoms with Gasteiger partial charge in [0.15, 0.2) is 0 Å². The third-order valence-electron chi connectivity index (χ3n) is 3.18. The number of hydrogen-bond acceptors (Lipinski definition) is 4. The quantitative estimate of drug-likeness (QED) is 0.848. The lowest BCUT2D eigenvalue weighted by Gasteiger charge is -2.31. The molecule has 2 unspecified atom stereocenters. The summed E-state index contributed by atoms with van der Waals surface area (Å²) in [6.07, 6.45) is -3.05. The van der Waals surface area contributed by atoms with E-state index in [9.17, 15) is 18.7 Å². The monoisotopic (exact) mass is 316 g/mol. The second kappa shape index (κ2) is 6.60. The van der Waals surface area contributed by atoms with Gasteiger partial charge in [0.2, 0.25) is 0 Å². The number of benzene rings is 1. The number of esters is 1. The van der Waals surface area contributed by atoms with Gasteiger partial charge < -0.3 is 14.6 Å². The van der Waals surface area contributed by atoms with Crippen molar-refractivity contribution in [3.05, 3.63) is 29.8 Å². The van der Waals surface area contributed by atoms with Crippen molar-refractivity contribution in [1.29, 1.82) is 0 Å². The molecule has 1 aromatic carbocycles. The minimum absolute atomic E-state index is 0.185. The SMILES string of the molecule is COC(=O)C(C(F)F)C(C)(O)c1ccc(OC(C)(C)C)cc1. The van der Waals surface area contributed by atoms with Crippen LogP contribution in [0.2, 0.25) is 0 Å². The first-order chi connectivity index (χ1) is 9.99. The van der Waals surface area contributed by atoms with Crippen LogP contribution in [0.4, 0.5) is 8.78 Å². The molecule has 0 aliphatic rings. The van der Waals surface area contributed by atoms with Crippen LogP contribution in [-0.4, -0.2) is 30.2 Å². The average Bonchev–Trinajstić information content (AvgIpc) is 2.36. The van der Waals surface area contributed by atoms with Crippen LogP contribution in [-0.2, 0) is 15.1 Å². The molecule has 2 atom stereocenters. The van der Waals surface area contributed by atoms with E-state index in [0.29, 0.717) is 5.75 Å². The third kappa shape index (κ3) is 4.40. The molecule has 0 spiro atoms. The van der Waals surface area contributed by atoms with E-state index >= 15 is 0 Å². The number of carbonyl (C=O) groups excluding carboxylic acids is 1. The summed E-state index contributed by atoms with van der Waals surface area (Å²) in [6, 6.07) is 6.04. The van der Waals surface area contributed by atoms with Crippen molar-refractivity contribution in [3.8, 4) is 5.75 Å². The maximum Gasteiger partial charge on any atom is 0.317 e. The lowest BCUT2D eigenvalue weighted by Crippen LogP contribution is -2.42. The normalized spacial score (nSPS) is 16.0. The Labute approximate surface area is 129 Å². The van der Waals surface area contributed by atoms with E-state index in [1.807, 2.05) is 20.8 Å². The van der Waals surface area contributed by atoms with Crippen molar-refractivity contribution in [2.75, 3.05) is 7.11 Å². The summed E-state index contributed by atoms with van der Waals surface area (Å²) in [5.41, 5.74) is -2.27. The molecule has 0 fully saturated rings. The number of ether oxygens (including phenoxy) is 2. The van der Waals surface area contributed by atoms with E-state index in [0.717, 1.165) is 7.11 Å². The van der Waals surface area contributed by atoms with Crippen LogP contribution in [0.5, 0.6) is 5.75 Å². The number of rotatable bonds is 5. The van der Waals surface area contributed by atoms with Crippen molar-refractivity contribution >= 4 is 5.97 Å². The van der Waals surface area contributed by atoms with Gasteiger partial charge in [-0.05, 0) is 45.4 Å². The summed E-state index contributed by atoms with van der Waals surface area (Å²) in [6.45, 7) is 6.80. The highest BCUT2D eigenvalue weighted by atomic mass is 19.3. The molecule has 1 N–H and O–H groups in total. The predicted molar refractivity (Wildman–Crippen MR) is 77.9 cm³/mol. The first-order valence-electron chi connectivity index (χ1n) is 6.87. The zero-order chi connectivity index (χ0) is 17.1. The number of aliphatic hydroxyl groups is 1. The Morgan fingerprint density at radius 2 is 1.64 bits per heavy atom. The average molecular weight is 316 g/mol. The second-order valence-electron chi connectivity index (χ2n) is 6.22. The highest BCUT2D eigenvalue weighted by Crippen LogP contribution is 2.35. The lowest BCUT2D eigenvalue weighted by molar-refractivity contribution is -0.167. The number of carbonyl (C=O) groups is 1. The summed E-state index contributed by atoms with van der Waals surface area (Å²) in [7, 11) is 1.01. The standard InChI is InChI=1S/C16H22F2O4/c1-15(2,3)22-11-8-6-10(7-9-11)16(4,20)12(13(17)18)14(19)21-5/h6-9,12-13,20H,1-5H3. The van der Waals surface area contributed by atoms with Crippen molar-refractivity contribution < 1.29 is 28.2 Å². The maximum atomic E-state index is 13.1. The van der Waals surface area contributed by atoms with Crippen LogP contribution in [0.3, 0.4) is 0 Å². The van der Waals surface area contributed by atoms with Gasteiger partial charge in [-0.2, -0.15) is 0 Å². The molecule has 1 aromatic rings. The molecule has 4 nitrogen and oxygen atoms in total. The number of hydrogen-bond donors (Lipinski definition) is 1. The Morgan fingerprint density at radius 1 is 1.14 bits per heavy atom. The maximum absolute atomic E-state index is 13.1. The topological polar surface area (TPSA) is 55.8 Å². The molecule has 0 amide bonds. The van der Waals surface area contributed by atoms with E-state index in [2.05, 4.69) is 4.74 Å². The largest absolute Gasteiger partial charge is 0.488 e. The Balaban J connectivity index is 3.08. The summed E-state index contributed by atoms with van der Waals surface area (Å²) in [4.78, 5) is 11.5. The Kier molecular flexibility index (Phi) is 5.51. The van der Waals surface area contributed by atoms with Gasteiger partial charge in [-0.1, -0.05) is 12.1 Å². The molecule has 22 heavy (non-hydrogen) atoms. The van der Waals surface area contributed by atoms with Crippen LogP contribution in [0, 0.1) is 5.92 Å². The van der Waals surface area contributed by atoms with Crippen LogP contribution in [0.15, 0.2) is 24.3 Å². The van der Waals surface area contributed by atoms with Crippen molar-refractivity contribution in [2.24, 2.45) is 5.92 Å². The smallest absolute Gasteiger partial charge is 0.317 e. The molecule has 0 heterocycles. The number of methoxy groups -OCH3 is 1. The van der Waals surface area contributed by atoms with Gasteiger partial charge in [-0.15, -0.1) is 0 Å². The first-order valence-corrected chi connectivity index (χ1v) is 6.87. The Morgan fingerprint density at radius 3 is 2.00 bits per heavy atom. The molecule has 0 saturated carbocycles. The fourth-order valence-corrected chi connectivity index (χ4v) is 2.10. The zero-order valence-electron chi connectivity index (χ0n) is 13.4. The molecule has 0 saturated heterocycles. The van der Waals surface area contributed by atoms with Crippen molar-refractivity contribution in [1.82, 2.24) is 0 Å². The minimum atomic E-state index is -3.05. The molecular formula is C16H22F2O4. The van der Waals surface area contributed by atoms with E-state index in [1.165, 1.54) is 19.1 Å². The lowest BCUT2D eigenvalue weighted by atomic mass is 9.83. The van der Waals surface area contributed by atoms with Gasteiger partial charge >= 0.3 is 5.97 Å². The molecule has 0 aliphatic heterocycles. The Hall–Kier alpha value is -1.69. The molecule has 6 heteroatoms. The highest BCUT2D eigenvalue weighted by Gasteiger charge is 2.46. The van der Waals surface area contributed by atoms with Gasteiger partial charge in [-0.3, -0.25) is 4.79 Å².